The fraction of sp³-hybridized carbons (Fsp3) is 0.778. The Morgan fingerprint density at radius 3 is 2.29 bits per heavy atom. The molecular weight excluding hydrogens is 626 g/mol. The smallest absolute Gasteiger partial charge is 0.319 e. The van der Waals surface area contributed by atoms with Crippen LogP contribution in [-0.4, -0.2) is 114 Å². The lowest BCUT2D eigenvalue weighted by Gasteiger charge is -2.40. The van der Waals surface area contributed by atoms with Gasteiger partial charge in [0.2, 0.25) is 17.6 Å². The first-order valence-electron chi connectivity index (χ1n) is 18.1. The maximum absolute atomic E-state index is 14.6. The number of fused-ring (bicyclic) bond motifs is 1. The van der Waals surface area contributed by atoms with Crippen molar-refractivity contribution in [3.8, 4) is 0 Å². The van der Waals surface area contributed by atoms with E-state index < -0.39 is 41.8 Å². The summed E-state index contributed by atoms with van der Waals surface area (Å²) >= 11 is 0. The van der Waals surface area contributed by atoms with Gasteiger partial charge in [0.1, 0.15) is 12.1 Å². The van der Waals surface area contributed by atoms with Crippen molar-refractivity contribution in [3.05, 3.63) is 12.7 Å². The topological polar surface area (TPSA) is 160 Å². The van der Waals surface area contributed by atoms with Crippen LogP contribution in [0.25, 0.3) is 0 Å². The zero-order valence-electron chi connectivity index (χ0n) is 30.6. The number of nitrogens with one attached hydrogen (secondary N) is 4. The average Bonchev–Trinajstić information content (AvgIpc) is 3.36. The first-order chi connectivity index (χ1) is 23.0. The highest BCUT2D eigenvalue weighted by Gasteiger charge is 2.69. The Bertz CT molecular complexity index is 1290. The predicted octanol–water partition coefficient (Wildman–Crippen LogP) is 2.66. The molecule has 4 N–H and O–H groups in total. The third-order valence-corrected chi connectivity index (χ3v) is 11.4. The molecule has 13 nitrogen and oxygen atoms in total. The van der Waals surface area contributed by atoms with Gasteiger partial charge in [0.05, 0.1) is 12.1 Å². The Morgan fingerprint density at radius 2 is 1.67 bits per heavy atom. The van der Waals surface area contributed by atoms with Gasteiger partial charge in [-0.05, 0) is 54.3 Å². The van der Waals surface area contributed by atoms with Crippen LogP contribution >= 0.6 is 0 Å². The Kier molecular flexibility index (Phi) is 12.1. The summed E-state index contributed by atoms with van der Waals surface area (Å²) in [6, 6.07) is -3.62. The maximum Gasteiger partial charge on any atom is 0.319 e. The first kappa shape index (κ1) is 38.2. The van der Waals surface area contributed by atoms with Crippen LogP contribution in [0.3, 0.4) is 0 Å². The standard InChI is InChI=1S/C36H59N7O6/c1-9-17-37-31(46)29(44)24(10-2)38-30(45)28-26-23(36(26,6)7)20-43(28)32(47)27(22-15-12-11-13-16-22)40-33(48)39-25(35(3,4)5)21-42-19-14-18-41(8)34(42)49/h9,22-28H,1,10-21H2,2-8H3,(H,37,46)(H,38,45)(H2,39,40,48)/t23-,24?,25+,26-,27-,28-/m0/s1. The minimum absolute atomic E-state index is 0.0674. The van der Waals surface area contributed by atoms with Crippen LogP contribution in [0.4, 0.5) is 9.59 Å². The van der Waals surface area contributed by atoms with Gasteiger partial charge in [-0.3, -0.25) is 19.2 Å². The highest BCUT2D eigenvalue weighted by atomic mass is 16.2. The van der Waals surface area contributed by atoms with E-state index in [1.165, 1.54) is 6.08 Å². The lowest BCUT2D eigenvalue weighted by Crippen LogP contribution is -2.62. The van der Waals surface area contributed by atoms with E-state index >= 15 is 0 Å². The van der Waals surface area contributed by atoms with E-state index in [0.717, 1.165) is 38.5 Å². The van der Waals surface area contributed by atoms with Gasteiger partial charge in [0.25, 0.3) is 5.91 Å². The van der Waals surface area contributed by atoms with Crippen molar-refractivity contribution >= 4 is 35.6 Å². The molecule has 2 aliphatic carbocycles. The van der Waals surface area contributed by atoms with Crippen molar-refractivity contribution in [1.29, 1.82) is 0 Å². The maximum atomic E-state index is 14.6. The van der Waals surface area contributed by atoms with E-state index in [9.17, 15) is 28.8 Å². The fourth-order valence-corrected chi connectivity index (χ4v) is 8.06. The largest absolute Gasteiger partial charge is 0.346 e. The SMILES string of the molecule is C=CCNC(=O)C(=O)C(CC)NC(=O)[C@@H]1[C@@H]2[C@H](CN1C(=O)[C@@H](NC(=O)N[C@H](CN1CCCN(C)C1=O)C(C)(C)C)C1CCCCC1)C2(C)C. The van der Waals surface area contributed by atoms with Crippen LogP contribution in [0.2, 0.25) is 0 Å². The molecule has 4 fully saturated rings. The molecule has 4 aliphatic rings. The van der Waals surface area contributed by atoms with Crippen LogP contribution in [0.15, 0.2) is 12.7 Å². The van der Waals surface area contributed by atoms with Gasteiger partial charge in [-0.25, -0.2) is 9.59 Å². The number of hydrogen-bond acceptors (Lipinski definition) is 6. The Balaban J connectivity index is 1.53. The summed E-state index contributed by atoms with van der Waals surface area (Å²) in [5, 5.41) is 11.4. The van der Waals surface area contributed by atoms with E-state index in [2.05, 4.69) is 41.7 Å². The van der Waals surface area contributed by atoms with E-state index in [1.807, 2.05) is 20.8 Å². The highest BCUT2D eigenvalue weighted by molar-refractivity contribution is 6.38. The summed E-state index contributed by atoms with van der Waals surface area (Å²) in [5.74, 6) is -2.40. The lowest BCUT2D eigenvalue weighted by molar-refractivity contribution is -0.144. The van der Waals surface area contributed by atoms with E-state index in [-0.39, 0.29) is 59.5 Å². The molecule has 2 saturated carbocycles. The number of ketones is 1. The summed E-state index contributed by atoms with van der Waals surface area (Å²) in [7, 11) is 1.78. The van der Waals surface area contributed by atoms with Crippen molar-refractivity contribution in [2.24, 2.45) is 28.6 Å². The Morgan fingerprint density at radius 1 is 1.00 bits per heavy atom. The molecule has 0 aromatic rings. The molecule has 0 bridgehead atoms. The number of hydrogen-bond donors (Lipinski definition) is 4. The molecule has 1 unspecified atom stereocenters. The van der Waals surface area contributed by atoms with Gasteiger partial charge >= 0.3 is 12.1 Å². The number of likely N-dealkylation sites (tertiary alicyclic amines) is 1. The number of Topliss-reactive ketones (excluding diaryl/α,β-unsaturated/α-hetero) is 1. The summed E-state index contributed by atoms with van der Waals surface area (Å²) in [6.45, 7) is 17.6. The van der Waals surface area contributed by atoms with Crippen LogP contribution in [-0.2, 0) is 19.2 Å². The van der Waals surface area contributed by atoms with Crippen LogP contribution in [0, 0.1) is 28.6 Å². The molecule has 274 valence electrons. The van der Waals surface area contributed by atoms with Gasteiger partial charge in [0.15, 0.2) is 0 Å². The third-order valence-electron chi connectivity index (χ3n) is 11.4. The quantitative estimate of drug-likeness (QED) is 0.172. The number of carbonyl (C=O) groups excluding carboxylic acids is 6. The van der Waals surface area contributed by atoms with Crippen LogP contribution < -0.4 is 21.3 Å². The minimum atomic E-state index is -1.03. The normalized spacial score (nSPS) is 25.4. The van der Waals surface area contributed by atoms with Crippen LogP contribution in [0.1, 0.15) is 86.5 Å². The van der Waals surface area contributed by atoms with Crippen molar-refractivity contribution < 1.29 is 28.8 Å². The monoisotopic (exact) mass is 685 g/mol. The molecule has 0 spiro atoms. The molecule has 6 atom stereocenters. The second-order valence-corrected chi connectivity index (χ2v) is 16.1. The van der Waals surface area contributed by atoms with Crippen molar-refractivity contribution in [3.63, 3.8) is 0 Å². The van der Waals surface area contributed by atoms with Gasteiger partial charge < -0.3 is 36.0 Å². The van der Waals surface area contributed by atoms with E-state index in [4.69, 9.17) is 0 Å². The van der Waals surface area contributed by atoms with Gasteiger partial charge in [0, 0.05) is 39.8 Å². The molecule has 13 heteroatoms. The molecule has 4 rings (SSSR count). The zero-order chi connectivity index (χ0) is 36.3. The summed E-state index contributed by atoms with van der Waals surface area (Å²) in [4.78, 5) is 85.5. The van der Waals surface area contributed by atoms with Gasteiger partial charge in [-0.15, -0.1) is 6.58 Å². The number of urea groups is 2. The number of nitrogens with zero attached hydrogens (tertiary/aromatic N) is 3. The van der Waals surface area contributed by atoms with Crippen LogP contribution in [0.5, 0.6) is 0 Å². The molecule has 2 heterocycles. The van der Waals surface area contributed by atoms with E-state index in [1.54, 1.807) is 28.7 Å². The molecule has 2 aliphatic heterocycles. The minimum Gasteiger partial charge on any atom is -0.346 e. The predicted molar refractivity (Wildman–Crippen MR) is 186 cm³/mol. The molecule has 0 aromatic heterocycles. The Hall–Kier alpha value is -3.64. The number of amides is 7. The number of carbonyl (C=O) groups is 6. The summed E-state index contributed by atoms with van der Waals surface area (Å²) in [6.07, 6.45) is 7.05. The summed E-state index contributed by atoms with van der Waals surface area (Å²) < 4.78 is 0. The average molecular weight is 686 g/mol. The van der Waals surface area contributed by atoms with Crippen molar-refractivity contribution in [1.82, 2.24) is 36.0 Å². The molecule has 0 radical (unpaired) electrons. The highest BCUT2D eigenvalue weighted by Crippen LogP contribution is 2.65. The molecule has 2 saturated heterocycles. The van der Waals surface area contributed by atoms with Crippen molar-refractivity contribution in [2.45, 2.75) is 111 Å². The van der Waals surface area contributed by atoms with Gasteiger partial charge in [-0.2, -0.15) is 0 Å². The van der Waals surface area contributed by atoms with Gasteiger partial charge in [-0.1, -0.05) is 66.9 Å². The molecule has 7 amide bonds. The molecule has 49 heavy (non-hydrogen) atoms. The zero-order valence-corrected chi connectivity index (χ0v) is 30.6. The number of rotatable bonds is 13. The molecular formula is C36H59N7O6. The number of piperidine rings is 1. The van der Waals surface area contributed by atoms with E-state index in [0.29, 0.717) is 26.2 Å². The second-order valence-electron chi connectivity index (χ2n) is 16.1. The second kappa shape index (κ2) is 15.5. The third kappa shape index (κ3) is 8.57. The molecule has 0 aromatic carbocycles. The summed E-state index contributed by atoms with van der Waals surface area (Å²) in [5.41, 5.74) is -0.546. The first-order valence-corrected chi connectivity index (χ1v) is 18.1. The lowest BCUT2D eigenvalue weighted by atomic mass is 9.83. The fourth-order valence-electron chi connectivity index (χ4n) is 8.06. The van der Waals surface area contributed by atoms with Crippen molar-refractivity contribution in [2.75, 3.05) is 39.8 Å². The Labute approximate surface area is 291 Å².